The van der Waals surface area contributed by atoms with Gasteiger partial charge in [0.05, 0.1) is 5.69 Å². The van der Waals surface area contributed by atoms with Crippen LogP contribution in [0.2, 0.25) is 0 Å². The first kappa shape index (κ1) is 12.9. The minimum Gasteiger partial charge on any atom is -0.478 e. The quantitative estimate of drug-likeness (QED) is 0.904. The average molecular weight is 259 g/mol. The summed E-state index contributed by atoms with van der Waals surface area (Å²) in [6.45, 7) is 3.57. The summed E-state index contributed by atoms with van der Waals surface area (Å²) in [5.41, 5.74) is -0.0597. The predicted molar refractivity (Wildman–Crippen MR) is 69.1 cm³/mol. The minimum absolute atomic E-state index is 0.0352. The lowest BCUT2D eigenvalue weighted by Crippen LogP contribution is -2.26. The molecule has 2 rings (SSSR count). The Labute approximate surface area is 109 Å². The monoisotopic (exact) mass is 259 g/mol. The summed E-state index contributed by atoms with van der Waals surface area (Å²) < 4.78 is 1.29. The van der Waals surface area contributed by atoms with Gasteiger partial charge in [0.2, 0.25) is 0 Å². The molecule has 0 spiro atoms. The third-order valence-electron chi connectivity index (χ3n) is 2.65. The van der Waals surface area contributed by atoms with E-state index in [1.807, 2.05) is 0 Å². The largest absolute Gasteiger partial charge is 0.478 e. The molecule has 19 heavy (non-hydrogen) atoms. The number of carboxylic acid groups (broad SMARTS) is 1. The summed E-state index contributed by atoms with van der Waals surface area (Å²) in [4.78, 5) is 31.0. The Morgan fingerprint density at radius 1 is 1.37 bits per heavy atom. The Balaban J connectivity index is 2.71. The first-order chi connectivity index (χ1) is 9.00. The SMILES string of the molecule is CC(C)n1cc(C(=O)O)c(-c2ccccn2)nc1=O. The molecule has 0 aliphatic carbocycles. The molecule has 0 aromatic carbocycles. The van der Waals surface area contributed by atoms with Gasteiger partial charge in [0.25, 0.3) is 0 Å². The summed E-state index contributed by atoms with van der Waals surface area (Å²) in [6.07, 6.45) is 2.84. The highest BCUT2D eigenvalue weighted by Crippen LogP contribution is 2.18. The van der Waals surface area contributed by atoms with Crippen molar-refractivity contribution in [3.63, 3.8) is 0 Å². The molecule has 0 atom stereocenters. The molecule has 98 valence electrons. The molecule has 0 aliphatic rings. The van der Waals surface area contributed by atoms with Crippen LogP contribution in [0.5, 0.6) is 0 Å². The Bertz CT molecular complexity index is 663. The molecule has 0 unspecified atom stereocenters. The number of rotatable bonds is 3. The van der Waals surface area contributed by atoms with Gasteiger partial charge in [0, 0.05) is 18.4 Å². The van der Waals surface area contributed by atoms with Crippen molar-refractivity contribution in [2.45, 2.75) is 19.9 Å². The topological polar surface area (TPSA) is 85.1 Å². The van der Waals surface area contributed by atoms with E-state index in [9.17, 15) is 14.7 Å². The van der Waals surface area contributed by atoms with Gasteiger partial charge in [-0.25, -0.2) is 9.59 Å². The maximum atomic E-state index is 11.9. The van der Waals surface area contributed by atoms with Crippen molar-refractivity contribution < 1.29 is 9.90 Å². The van der Waals surface area contributed by atoms with Gasteiger partial charge in [0.15, 0.2) is 0 Å². The predicted octanol–water partition coefficient (Wildman–Crippen LogP) is 1.58. The van der Waals surface area contributed by atoms with Crippen LogP contribution < -0.4 is 5.69 Å². The van der Waals surface area contributed by atoms with Crippen molar-refractivity contribution in [3.8, 4) is 11.4 Å². The number of pyridine rings is 1. The van der Waals surface area contributed by atoms with Crippen molar-refractivity contribution in [1.82, 2.24) is 14.5 Å². The summed E-state index contributed by atoms with van der Waals surface area (Å²) in [5.74, 6) is -1.14. The van der Waals surface area contributed by atoms with Gasteiger partial charge >= 0.3 is 11.7 Å². The minimum atomic E-state index is -1.14. The Morgan fingerprint density at radius 2 is 2.11 bits per heavy atom. The Kier molecular flexibility index (Phi) is 3.41. The van der Waals surface area contributed by atoms with E-state index in [-0.39, 0.29) is 17.3 Å². The van der Waals surface area contributed by atoms with Gasteiger partial charge in [-0.1, -0.05) is 6.07 Å². The van der Waals surface area contributed by atoms with Crippen LogP contribution in [-0.2, 0) is 0 Å². The van der Waals surface area contributed by atoms with E-state index in [4.69, 9.17) is 0 Å². The molecule has 2 aromatic rings. The molecular weight excluding hydrogens is 246 g/mol. The van der Waals surface area contributed by atoms with Crippen molar-refractivity contribution in [1.29, 1.82) is 0 Å². The van der Waals surface area contributed by atoms with E-state index in [2.05, 4.69) is 9.97 Å². The maximum Gasteiger partial charge on any atom is 0.348 e. The molecule has 6 heteroatoms. The standard InChI is InChI=1S/C13H13N3O3/c1-8(2)16-7-9(12(17)18)11(15-13(16)19)10-5-3-4-6-14-10/h3-8H,1-2H3,(H,17,18). The lowest BCUT2D eigenvalue weighted by molar-refractivity contribution is 0.0696. The highest BCUT2D eigenvalue weighted by atomic mass is 16.4. The van der Waals surface area contributed by atoms with E-state index >= 15 is 0 Å². The number of carboxylic acids is 1. The molecule has 0 saturated carbocycles. The second-order valence-corrected chi connectivity index (χ2v) is 4.31. The molecule has 2 heterocycles. The van der Waals surface area contributed by atoms with Crippen LogP contribution >= 0.6 is 0 Å². The molecule has 0 amide bonds. The van der Waals surface area contributed by atoms with Crippen molar-refractivity contribution >= 4 is 5.97 Å². The maximum absolute atomic E-state index is 11.9. The van der Waals surface area contributed by atoms with Crippen LogP contribution in [0, 0.1) is 0 Å². The molecular formula is C13H13N3O3. The summed E-state index contributed by atoms with van der Waals surface area (Å²) in [6, 6.07) is 4.88. The normalized spacial score (nSPS) is 10.7. The fourth-order valence-electron chi connectivity index (χ4n) is 1.69. The zero-order chi connectivity index (χ0) is 14.0. The van der Waals surface area contributed by atoms with Crippen LogP contribution in [0.4, 0.5) is 0 Å². The third kappa shape index (κ3) is 2.52. The summed E-state index contributed by atoms with van der Waals surface area (Å²) in [5, 5.41) is 9.24. The number of nitrogens with zero attached hydrogens (tertiary/aromatic N) is 3. The Morgan fingerprint density at radius 3 is 2.63 bits per heavy atom. The number of hydrogen-bond donors (Lipinski definition) is 1. The van der Waals surface area contributed by atoms with Crippen LogP contribution in [0.15, 0.2) is 35.4 Å². The zero-order valence-electron chi connectivity index (χ0n) is 10.6. The highest BCUT2D eigenvalue weighted by molar-refractivity contribution is 5.93. The average Bonchev–Trinajstić information content (AvgIpc) is 2.38. The molecule has 0 bridgehead atoms. The van der Waals surface area contributed by atoms with Crippen molar-refractivity contribution in [2.75, 3.05) is 0 Å². The van der Waals surface area contributed by atoms with Gasteiger partial charge < -0.3 is 5.11 Å². The van der Waals surface area contributed by atoms with E-state index in [1.54, 1.807) is 32.0 Å². The van der Waals surface area contributed by atoms with Crippen LogP contribution in [0.3, 0.4) is 0 Å². The molecule has 0 radical (unpaired) electrons. The van der Waals surface area contributed by atoms with E-state index in [0.717, 1.165) is 0 Å². The van der Waals surface area contributed by atoms with Gasteiger partial charge in [-0.2, -0.15) is 4.98 Å². The smallest absolute Gasteiger partial charge is 0.348 e. The van der Waals surface area contributed by atoms with E-state index in [1.165, 1.54) is 17.0 Å². The number of carbonyl (C=O) groups is 1. The van der Waals surface area contributed by atoms with Gasteiger partial charge in [-0.05, 0) is 26.0 Å². The zero-order valence-corrected chi connectivity index (χ0v) is 10.6. The van der Waals surface area contributed by atoms with Crippen LogP contribution in [-0.4, -0.2) is 25.6 Å². The third-order valence-corrected chi connectivity index (χ3v) is 2.65. The lowest BCUT2D eigenvalue weighted by atomic mass is 10.1. The number of aromatic carboxylic acids is 1. The second-order valence-electron chi connectivity index (χ2n) is 4.31. The molecule has 0 fully saturated rings. The summed E-state index contributed by atoms with van der Waals surface area (Å²) in [7, 11) is 0. The van der Waals surface area contributed by atoms with Gasteiger partial charge in [0.1, 0.15) is 11.3 Å². The first-order valence-corrected chi connectivity index (χ1v) is 5.78. The fourth-order valence-corrected chi connectivity index (χ4v) is 1.69. The van der Waals surface area contributed by atoms with Crippen LogP contribution in [0.1, 0.15) is 30.2 Å². The number of aromatic nitrogens is 3. The van der Waals surface area contributed by atoms with Crippen molar-refractivity contribution in [3.05, 3.63) is 46.6 Å². The van der Waals surface area contributed by atoms with Crippen molar-refractivity contribution in [2.24, 2.45) is 0 Å². The second kappa shape index (κ2) is 5.01. The molecule has 6 nitrogen and oxygen atoms in total. The molecule has 1 N–H and O–H groups in total. The first-order valence-electron chi connectivity index (χ1n) is 5.78. The summed E-state index contributed by atoms with van der Waals surface area (Å²) >= 11 is 0. The fraction of sp³-hybridized carbons (Fsp3) is 0.231. The Hall–Kier alpha value is -2.50. The molecule has 0 saturated heterocycles. The van der Waals surface area contributed by atoms with E-state index in [0.29, 0.717) is 5.69 Å². The number of hydrogen-bond acceptors (Lipinski definition) is 4. The molecule has 0 aliphatic heterocycles. The molecule has 2 aromatic heterocycles. The van der Waals surface area contributed by atoms with E-state index < -0.39 is 11.7 Å². The van der Waals surface area contributed by atoms with Gasteiger partial charge in [-0.15, -0.1) is 0 Å². The van der Waals surface area contributed by atoms with Gasteiger partial charge in [-0.3, -0.25) is 9.55 Å². The lowest BCUT2D eigenvalue weighted by Gasteiger charge is -2.12. The highest BCUT2D eigenvalue weighted by Gasteiger charge is 2.18. The van der Waals surface area contributed by atoms with Crippen LogP contribution in [0.25, 0.3) is 11.4 Å².